The molecule has 0 aliphatic carbocycles. The van der Waals surface area contributed by atoms with Crippen LogP contribution in [-0.2, 0) is 13.1 Å². The third-order valence-corrected chi connectivity index (χ3v) is 5.87. The third-order valence-electron chi connectivity index (χ3n) is 5.87. The average Bonchev–Trinajstić information content (AvgIpc) is 3.29. The van der Waals surface area contributed by atoms with Gasteiger partial charge in [-0.3, -0.25) is 9.69 Å². The molecule has 0 aromatic heterocycles. The third kappa shape index (κ3) is 3.86. The first kappa shape index (κ1) is 18.1. The molecule has 4 nitrogen and oxygen atoms in total. The lowest BCUT2D eigenvalue weighted by Gasteiger charge is -2.15. The lowest BCUT2D eigenvalue weighted by atomic mass is 9.97. The van der Waals surface area contributed by atoms with E-state index in [9.17, 15) is 4.79 Å². The van der Waals surface area contributed by atoms with Crippen LogP contribution in [0.1, 0.15) is 59.7 Å². The normalized spacial score (nSPS) is 21.7. The Morgan fingerprint density at radius 1 is 1.07 bits per heavy atom. The van der Waals surface area contributed by atoms with Crippen LogP contribution in [0.3, 0.4) is 0 Å². The number of rotatable bonds is 5. The molecule has 2 aliphatic rings. The molecule has 2 aliphatic heterocycles. The van der Waals surface area contributed by atoms with E-state index >= 15 is 0 Å². The molecule has 4 rings (SSSR count). The van der Waals surface area contributed by atoms with Gasteiger partial charge in [0.25, 0.3) is 5.91 Å². The molecule has 4 heteroatoms. The van der Waals surface area contributed by atoms with Crippen LogP contribution in [0.25, 0.3) is 0 Å². The molecule has 0 radical (unpaired) electrons. The number of amides is 1. The van der Waals surface area contributed by atoms with Crippen LogP contribution in [0.4, 0.5) is 0 Å². The van der Waals surface area contributed by atoms with E-state index in [1.165, 1.54) is 31.5 Å². The van der Waals surface area contributed by atoms with Crippen LogP contribution in [0.2, 0.25) is 0 Å². The van der Waals surface area contributed by atoms with Gasteiger partial charge in [-0.1, -0.05) is 43.3 Å². The molecule has 2 atom stereocenters. The van der Waals surface area contributed by atoms with Crippen LogP contribution >= 0.6 is 0 Å². The highest BCUT2D eigenvalue weighted by atomic mass is 16.5. The maximum Gasteiger partial charge on any atom is 0.255 e. The van der Waals surface area contributed by atoms with E-state index in [1.807, 2.05) is 12.1 Å². The number of ether oxygens (including phenoxy) is 1. The summed E-state index contributed by atoms with van der Waals surface area (Å²) in [6.07, 6.45) is 2.74. The van der Waals surface area contributed by atoms with Crippen molar-refractivity contribution in [3.05, 3.63) is 64.7 Å². The number of hydrogen-bond acceptors (Lipinski definition) is 3. The van der Waals surface area contributed by atoms with Gasteiger partial charge in [0.15, 0.2) is 0 Å². The van der Waals surface area contributed by atoms with E-state index in [0.29, 0.717) is 18.0 Å². The number of nitrogens with one attached hydrogen (secondary N) is 1. The fraction of sp³-hybridized carbons (Fsp3) is 0.435. The monoisotopic (exact) mass is 364 g/mol. The molecule has 1 amide bonds. The highest BCUT2D eigenvalue weighted by molar-refractivity contribution is 5.97. The molecule has 1 N–H and O–H groups in total. The number of carbonyl (C=O) groups is 1. The zero-order valence-corrected chi connectivity index (χ0v) is 16.2. The summed E-state index contributed by atoms with van der Waals surface area (Å²) in [5.41, 5.74) is 4.21. The molecule has 1 saturated heterocycles. The van der Waals surface area contributed by atoms with Crippen molar-refractivity contribution in [1.82, 2.24) is 10.2 Å². The van der Waals surface area contributed by atoms with Gasteiger partial charge in [-0.2, -0.15) is 0 Å². The van der Waals surface area contributed by atoms with Gasteiger partial charge in [0.1, 0.15) is 11.9 Å². The average molecular weight is 364 g/mol. The van der Waals surface area contributed by atoms with Gasteiger partial charge in [-0.05, 0) is 50.0 Å². The van der Waals surface area contributed by atoms with E-state index in [1.54, 1.807) is 0 Å². The minimum Gasteiger partial charge on any atom is -0.489 e. The molecule has 1 fully saturated rings. The Hall–Kier alpha value is -2.33. The summed E-state index contributed by atoms with van der Waals surface area (Å²) in [6, 6.07) is 14.4. The van der Waals surface area contributed by atoms with Crippen molar-refractivity contribution in [3.8, 4) is 5.75 Å². The lowest BCUT2D eigenvalue weighted by molar-refractivity contribution is 0.0946. The molecular weight excluding hydrogens is 336 g/mol. The van der Waals surface area contributed by atoms with E-state index in [2.05, 4.69) is 54.4 Å². The summed E-state index contributed by atoms with van der Waals surface area (Å²) in [5.74, 6) is 0.987. The van der Waals surface area contributed by atoms with Crippen LogP contribution in [-0.4, -0.2) is 30.0 Å². The zero-order valence-electron chi connectivity index (χ0n) is 16.2. The van der Waals surface area contributed by atoms with Crippen LogP contribution in [0.5, 0.6) is 5.75 Å². The minimum absolute atomic E-state index is 0.0747. The number of para-hydroxylation sites is 1. The second-order valence-electron chi connectivity index (χ2n) is 7.82. The van der Waals surface area contributed by atoms with Crippen molar-refractivity contribution < 1.29 is 9.53 Å². The molecule has 142 valence electrons. The quantitative estimate of drug-likeness (QED) is 0.869. The molecule has 2 aromatic carbocycles. The van der Waals surface area contributed by atoms with Crippen molar-refractivity contribution >= 4 is 5.91 Å². The summed E-state index contributed by atoms with van der Waals surface area (Å²) in [4.78, 5) is 15.2. The predicted octanol–water partition coefficient (Wildman–Crippen LogP) is 4.10. The zero-order chi connectivity index (χ0) is 18.8. The molecule has 0 spiro atoms. The Labute approximate surface area is 161 Å². The van der Waals surface area contributed by atoms with Gasteiger partial charge in [-0.25, -0.2) is 0 Å². The Balaban J connectivity index is 1.37. The van der Waals surface area contributed by atoms with E-state index in [-0.39, 0.29) is 12.0 Å². The molecule has 0 unspecified atom stereocenters. The van der Waals surface area contributed by atoms with Gasteiger partial charge in [-0.15, -0.1) is 0 Å². The summed E-state index contributed by atoms with van der Waals surface area (Å²) in [7, 11) is 0. The Kier molecular flexibility index (Phi) is 5.17. The summed E-state index contributed by atoms with van der Waals surface area (Å²) in [6.45, 7) is 8.16. The second-order valence-corrected chi connectivity index (χ2v) is 7.82. The standard InChI is InChI=1S/C23H28N2O2/c1-16-17(2)27-22-20(16)6-5-7-21(22)23(26)24-14-18-8-10-19(11-9-18)15-25-12-3-4-13-25/h5-11,16-17H,3-4,12-15H2,1-2H3,(H,24,26)/t16-,17-/m1/s1. The molecule has 2 aromatic rings. The maximum absolute atomic E-state index is 12.7. The van der Waals surface area contributed by atoms with E-state index < -0.39 is 0 Å². The van der Waals surface area contributed by atoms with E-state index in [0.717, 1.165) is 23.4 Å². The van der Waals surface area contributed by atoms with Gasteiger partial charge >= 0.3 is 0 Å². The van der Waals surface area contributed by atoms with E-state index in [4.69, 9.17) is 4.74 Å². The van der Waals surface area contributed by atoms with Gasteiger partial charge in [0.2, 0.25) is 0 Å². The van der Waals surface area contributed by atoms with Crippen molar-refractivity contribution in [1.29, 1.82) is 0 Å². The summed E-state index contributed by atoms with van der Waals surface area (Å²) >= 11 is 0. The first-order valence-electron chi connectivity index (χ1n) is 10.00. The van der Waals surface area contributed by atoms with Crippen LogP contribution in [0, 0.1) is 0 Å². The highest BCUT2D eigenvalue weighted by Gasteiger charge is 2.30. The molecular formula is C23H28N2O2. The molecule has 0 bridgehead atoms. The smallest absolute Gasteiger partial charge is 0.255 e. The Morgan fingerprint density at radius 3 is 2.52 bits per heavy atom. The van der Waals surface area contributed by atoms with Gasteiger partial charge in [0, 0.05) is 24.6 Å². The summed E-state index contributed by atoms with van der Waals surface area (Å²) in [5, 5.41) is 3.04. The minimum atomic E-state index is -0.0747. The Morgan fingerprint density at radius 2 is 1.78 bits per heavy atom. The van der Waals surface area contributed by atoms with Crippen molar-refractivity contribution in [2.24, 2.45) is 0 Å². The highest BCUT2D eigenvalue weighted by Crippen LogP contribution is 2.40. The van der Waals surface area contributed by atoms with Crippen LogP contribution < -0.4 is 10.1 Å². The first-order valence-corrected chi connectivity index (χ1v) is 10.00. The molecule has 27 heavy (non-hydrogen) atoms. The second kappa shape index (κ2) is 7.73. The SMILES string of the molecule is C[C@H]1Oc2c(C(=O)NCc3ccc(CN4CCCC4)cc3)cccc2[C@@H]1C. The molecule has 2 heterocycles. The maximum atomic E-state index is 12.7. The van der Waals surface area contributed by atoms with Gasteiger partial charge < -0.3 is 10.1 Å². The van der Waals surface area contributed by atoms with Crippen molar-refractivity contribution in [2.75, 3.05) is 13.1 Å². The number of fused-ring (bicyclic) bond motifs is 1. The topological polar surface area (TPSA) is 41.6 Å². The largest absolute Gasteiger partial charge is 0.489 e. The number of hydrogen-bond donors (Lipinski definition) is 1. The lowest BCUT2D eigenvalue weighted by Crippen LogP contribution is -2.23. The first-order chi connectivity index (χ1) is 13.1. The van der Waals surface area contributed by atoms with Crippen LogP contribution in [0.15, 0.2) is 42.5 Å². The predicted molar refractivity (Wildman–Crippen MR) is 107 cm³/mol. The number of benzene rings is 2. The van der Waals surface area contributed by atoms with Crippen molar-refractivity contribution in [2.45, 2.75) is 51.8 Å². The molecule has 0 saturated carbocycles. The van der Waals surface area contributed by atoms with Gasteiger partial charge in [0.05, 0.1) is 5.56 Å². The van der Waals surface area contributed by atoms with Crippen molar-refractivity contribution in [3.63, 3.8) is 0 Å². The fourth-order valence-corrected chi connectivity index (χ4v) is 4.00. The number of carbonyl (C=O) groups excluding carboxylic acids is 1. The number of likely N-dealkylation sites (tertiary alicyclic amines) is 1. The number of nitrogens with zero attached hydrogens (tertiary/aromatic N) is 1. The Bertz CT molecular complexity index is 810. The summed E-state index contributed by atoms with van der Waals surface area (Å²) < 4.78 is 5.94. The fourth-order valence-electron chi connectivity index (χ4n) is 4.00.